The smallest absolute Gasteiger partial charge is 0.260 e. The largest absolute Gasteiger partial charge is 0.322 e. The van der Waals surface area contributed by atoms with Gasteiger partial charge in [-0.3, -0.25) is 23.9 Å². The highest BCUT2D eigenvalue weighted by Crippen LogP contribution is 2.35. The van der Waals surface area contributed by atoms with E-state index in [0.29, 0.717) is 48.3 Å². The summed E-state index contributed by atoms with van der Waals surface area (Å²) in [6.45, 7) is 6.02. The molecule has 2 N–H and O–H groups in total. The number of hydrogen-bond donors (Lipinski definition) is 2. The molecule has 1 fully saturated rings. The molecule has 13 heteroatoms. The van der Waals surface area contributed by atoms with E-state index in [4.69, 9.17) is 9.97 Å². The summed E-state index contributed by atoms with van der Waals surface area (Å²) in [6, 6.07) is 18.4. The summed E-state index contributed by atoms with van der Waals surface area (Å²) in [5.41, 5.74) is 0.984. The Morgan fingerprint density at radius 3 is 2.07 bits per heavy atom. The minimum atomic E-state index is -1.02. The van der Waals surface area contributed by atoms with E-state index >= 15 is 8.78 Å². The van der Waals surface area contributed by atoms with Crippen molar-refractivity contribution in [3.8, 4) is 16.9 Å². The summed E-state index contributed by atoms with van der Waals surface area (Å²) in [5.74, 6) is -4.16. The summed E-state index contributed by atoms with van der Waals surface area (Å²) in [5, 5.41) is 6.32. The first-order chi connectivity index (χ1) is 25.9. The van der Waals surface area contributed by atoms with Crippen LogP contribution in [-0.4, -0.2) is 45.5 Å². The molecule has 4 aromatic carbocycles. The lowest BCUT2D eigenvalue weighted by molar-refractivity contribution is 0.0968. The quantitative estimate of drug-likeness (QED) is 0.164. The lowest BCUT2D eigenvalue weighted by Crippen LogP contribution is -2.47. The molecular weight excluding hydrogens is 700 g/mol. The van der Waals surface area contributed by atoms with Crippen molar-refractivity contribution in [2.45, 2.75) is 39.7 Å². The molecule has 0 aliphatic carbocycles. The SMILES string of the molecule is Cc1cc(C(=O)Nc2ccc(C)c(-c3nc(N(C(=O)c4ccc(F)c(C)c4)C4CCNCC4)nc4c3ccc(=O)n4-c3c(F)cccc3F)c2)ccc1F. The molecule has 0 radical (unpaired) electrons. The maximum absolute atomic E-state index is 15.5. The number of rotatable bonds is 7. The van der Waals surface area contributed by atoms with E-state index in [-0.39, 0.29) is 39.4 Å². The van der Waals surface area contributed by atoms with E-state index in [1.54, 1.807) is 39.0 Å². The van der Waals surface area contributed by atoms with Crippen molar-refractivity contribution in [1.29, 1.82) is 0 Å². The van der Waals surface area contributed by atoms with Crippen LogP contribution in [0.25, 0.3) is 28.0 Å². The molecule has 1 aliphatic rings. The van der Waals surface area contributed by atoms with Crippen LogP contribution in [0.5, 0.6) is 0 Å². The predicted octanol–water partition coefficient (Wildman–Crippen LogP) is 7.58. The molecule has 0 spiro atoms. The fraction of sp³-hybridized carbons (Fsp3) is 0.195. The second-order valence-electron chi connectivity index (χ2n) is 13.3. The number of fused-ring (bicyclic) bond motifs is 1. The molecule has 0 atom stereocenters. The first-order valence-electron chi connectivity index (χ1n) is 17.3. The van der Waals surface area contributed by atoms with Gasteiger partial charge in [-0.2, -0.15) is 4.98 Å². The number of carbonyl (C=O) groups excluding carboxylic acids is 2. The fourth-order valence-electron chi connectivity index (χ4n) is 6.68. The first kappa shape index (κ1) is 36.2. The number of anilines is 2. The zero-order valence-corrected chi connectivity index (χ0v) is 29.5. The molecule has 0 bridgehead atoms. The number of piperidine rings is 1. The molecule has 9 nitrogen and oxygen atoms in total. The molecule has 1 aliphatic heterocycles. The topological polar surface area (TPSA) is 109 Å². The van der Waals surface area contributed by atoms with Crippen LogP contribution in [0.3, 0.4) is 0 Å². The second-order valence-corrected chi connectivity index (χ2v) is 13.3. The van der Waals surface area contributed by atoms with Gasteiger partial charge in [0.25, 0.3) is 17.4 Å². The van der Waals surface area contributed by atoms with Crippen molar-refractivity contribution in [1.82, 2.24) is 19.9 Å². The third-order valence-corrected chi connectivity index (χ3v) is 9.58. The van der Waals surface area contributed by atoms with Gasteiger partial charge in [0.05, 0.1) is 5.69 Å². The number of para-hydroxylation sites is 1. The van der Waals surface area contributed by atoms with Crippen molar-refractivity contribution in [2.24, 2.45) is 0 Å². The number of carbonyl (C=O) groups is 2. The zero-order chi connectivity index (χ0) is 38.3. The standard InChI is InChI=1S/C41H34F4N6O3/c1-22-7-10-27(47-39(53)25-8-12-31(42)23(2)19-25)21-30(22)36-29-11-14-35(52)51(37-33(44)5-4-6-34(37)45)38(29)49-41(48-36)50(28-15-17-46-18-16-28)40(54)26-9-13-32(43)24(3)20-26/h4-14,19-21,28,46H,15-18H2,1-3H3,(H,47,53). The van der Waals surface area contributed by atoms with Crippen LogP contribution in [0.15, 0.2) is 89.7 Å². The molecule has 1 saturated heterocycles. The van der Waals surface area contributed by atoms with Gasteiger partial charge in [-0.1, -0.05) is 12.1 Å². The van der Waals surface area contributed by atoms with Crippen LogP contribution in [0.1, 0.15) is 50.2 Å². The fourth-order valence-corrected chi connectivity index (χ4v) is 6.68. The van der Waals surface area contributed by atoms with Crippen molar-refractivity contribution in [3.05, 3.63) is 146 Å². The van der Waals surface area contributed by atoms with Crippen LogP contribution in [0.2, 0.25) is 0 Å². The van der Waals surface area contributed by atoms with Gasteiger partial charge in [0.15, 0.2) is 5.65 Å². The Morgan fingerprint density at radius 2 is 1.41 bits per heavy atom. The minimum absolute atomic E-state index is 0.150. The van der Waals surface area contributed by atoms with Gasteiger partial charge < -0.3 is 10.6 Å². The Bertz CT molecular complexity index is 2510. The zero-order valence-electron chi connectivity index (χ0n) is 29.5. The van der Waals surface area contributed by atoms with Gasteiger partial charge in [-0.25, -0.2) is 22.5 Å². The summed E-state index contributed by atoms with van der Waals surface area (Å²) in [4.78, 5) is 52.4. The Balaban J connectivity index is 1.48. The highest BCUT2D eigenvalue weighted by Gasteiger charge is 2.32. The van der Waals surface area contributed by atoms with Gasteiger partial charge >= 0.3 is 0 Å². The molecule has 0 saturated carbocycles. The average molecular weight is 735 g/mol. The van der Waals surface area contributed by atoms with E-state index < -0.39 is 52.4 Å². The number of nitrogens with one attached hydrogen (secondary N) is 2. The van der Waals surface area contributed by atoms with E-state index in [9.17, 15) is 23.2 Å². The Hall–Kier alpha value is -6.21. The molecule has 2 amide bonds. The third kappa shape index (κ3) is 6.85. The molecule has 0 unspecified atom stereocenters. The number of aryl methyl sites for hydroxylation is 3. The molecule has 54 heavy (non-hydrogen) atoms. The second kappa shape index (κ2) is 14.7. The molecule has 7 rings (SSSR count). The van der Waals surface area contributed by atoms with Gasteiger partial charge in [0.1, 0.15) is 29.0 Å². The Morgan fingerprint density at radius 1 is 0.759 bits per heavy atom. The number of aromatic nitrogens is 3. The molecule has 3 heterocycles. The molecular formula is C41H34F4N6O3. The molecule has 2 aromatic heterocycles. The summed E-state index contributed by atoms with van der Waals surface area (Å²) in [7, 11) is 0. The number of halogens is 4. The van der Waals surface area contributed by atoms with Crippen LogP contribution >= 0.6 is 0 Å². The predicted molar refractivity (Wildman–Crippen MR) is 198 cm³/mol. The van der Waals surface area contributed by atoms with Crippen LogP contribution in [0, 0.1) is 44.0 Å². The van der Waals surface area contributed by atoms with E-state index in [1.165, 1.54) is 53.4 Å². The number of amides is 2. The third-order valence-electron chi connectivity index (χ3n) is 9.58. The van der Waals surface area contributed by atoms with Gasteiger partial charge in [0, 0.05) is 39.9 Å². The van der Waals surface area contributed by atoms with Crippen molar-refractivity contribution in [2.75, 3.05) is 23.3 Å². The first-order valence-corrected chi connectivity index (χ1v) is 17.3. The monoisotopic (exact) mass is 734 g/mol. The van der Waals surface area contributed by atoms with Crippen LogP contribution < -0.4 is 21.1 Å². The van der Waals surface area contributed by atoms with Crippen molar-refractivity contribution >= 4 is 34.5 Å². The minimum Gasteiger partial charge on any atom is -0.322 e. The van der Waals surface area contributed by atoms with Crippen LogP contribution in [-0.2, 0) is 0 Å². The average Bonchev–Trinajstić information content (AvgIpc) is 3.15. The molecule has 274 valence electrons. The van der Waals surface area contributed by atoms with E-state index in [0.717, 1.165) is 22.8 Å². The molecule has 6 aromatic rings. The number of hydrogen-bond acceptors (Lipinski definition) is 6. The van der Waals surface area contributed by atoms with Crippen LogP contribution in [0.4, 0.5) is 29.2 Å². The van der Waals surface area contributed by atoms with Crippen molar-refractivity contribution in [3.63, 3.8) is 0 Å². The highest BCUT2D eigenvalue weighted by atomic mass is 19.1. The summed E-state index contributed by atoms with van der Waals surface area (Å²) < 4.78 is 60.0. The normalized spacial score (nSPS) is 13.2. The summed E-state index contributed by atoms with van der Waals surface area (Å²) in [6.07, 6.45) is 0.991. The Labute approximate surface area is 307 Å². The van der Waals surface area contributed by atoms with Gasteiger partial charge in [-0.15, -0.1) is 0 Å². The maximum Gasteiger partial charge on any atom is 0.260 e. The summed E-state index contributed by atoms with van der Waals surface area (Å²) >= 11 is 0. The van der Waals surface area contributed by atoms with Gasteiger partial charge in [0.2, 0.25) is 5.95 Å². The highest BCUT2D eigenvalue weighted by molar-refractivity contribution is 6.07. The van der Waals surface area contributed by atoms with Gasteiger partial charge in [-0.05, 0) is 130 Å². The lowest BCUT2D eigenvalue weighted by atomic mass is 10.0. The Kier molecular flexibility index (Phi) is 9.82. The van der Waals surface area contributed by atoms with Crippen molar-refractivity contribution < 1.29 is 27.2 Å². The lowest BCUT2D eigenvalue weighted by Gasteiger charge is -2.33. The maximum atomic E-state index is 15.5. The van der Waals surface area contributed by atoms with E-state index in [2.05, 4.69) is 10.6 Å². The number of benzene rings is 4. The van der Waals surface area contributed by atoms with E-state index in [1.807, 2.05) is 0 Å². The number of nitrogens with zero attached hydrogens (tertiary/aromatic N) is 4. The number of pyridine rings is 1.